The number of carbonyl (C=O) groups is 2. The van der Waals surface area contributed by atoms with Gasteiger partial charge in [0.1, 0.15) is 6.54 Å². The molecule has 3 N–H and O–H groups in total. The number of benzene rings is 1. The van der Waals surface area contributed by atoms with Gasteiger partial charge >= 0.3 is 0 Å². The standard InChI is InChI=1S/C15H19N5O4S/c1-10-8-11(2)20(18-10)9-15(22)17-19-25(23,24)14-6-4-13(5-7-14)16-12(3)21/h4-8,19H,9H2,1-3H3,(H,16,21)(H,17,22). The van der Waals surface area contributed by atoms with Crippen molar-refractivity contribution in [2.24, 2.45) is 0 Å². The van der Waals surface area contributed by atoms with Crippen molar-refractivity contribution in [1.82, 2.24) is 20.0 Å². The third-order valence-corrected chi connectivity index (χ3v) is 4.47. The first-order valence-electron chi connectivity index (χ1n) is 7.37. The monoisotopic (exact) mass is 365 g/mol. The fourth-order valence-corrected chi connectivity index (χ4v) is 2.97. The normalized spacial score (nSPS) is 11.2. The number of anilines is 1. The van der Waals surface area contributed by atoms with Crippen molar-refractivity contribution < 1.29 is 18.0 Å². The number of hydrogen-bond acceptors (Lipinski definition) is 5. The van der Waals surface area contributed by atoms with Crippen LogP contribution in [0.15, 0.2) is 35.2 Å². The van der Waals surface area contributed by atoms with Gasteiger partial charge in [-0.3, -0.25) is 19.7 Å². The highest BCUT2D eigenvalue weighted by atomic mass is 32.2. The lowest BCUT2D eigenvalue weighted by Crippen LogP contribution is -2.43. The van der Waals surface area contributed by atoms with Crippen LogP contribution in [0.3, 0.4) is 0 Å². The summed E-state index contributed by atoms with van der Waals surface area (Å²) >= 11 is 0. The van der Waals surface area contributed by atoms with E-state index in [0.29, 0.717) is 5.69 Å². The van der Waals surface area contributed by atoms with E-state index in [1.807, 2.05) is 10.9 Å². The second kappa shape index (κ2) is 7.45. The third kappa shape index (κ3) is 5.13. The molecule has 2 amide bonds. The van der Waals surface area contributed by atoms with E-state index < -0.39 is 15.9 Å². The first-order chi connectivity index (χ1) is 11.7. The molecule has 0 bridgehead atoms. The minimum absolute atomic E-state index is 0.0481. The number of hydrazine groups is 1. The molecular weight excluding hydrogens is 346 g/mol. The van der Waals surface area contributed by atoms with E-state index >= 15 is 0 Å². The molecule has 2 aromatic rings. The van der Waals surface area contributed by atoms with Crippen LogP contribution in [0.5, 0.6) is 0 Å². The lowest BCUT2D eigenvalue weighted by Gasteiger charge is -2.10. The number of hydrogen-bond donors (Lipinski definition) is 3. The van der Waals surface area contributed by atoms with Gasteiger partial charge in [-0.05, 0) is 44.2 Å². The van der Waals surface area contributed by atoms with E-state index in [1.165, 1.54) is 35.9 Å². The molecule has 1 heterocycles. The van der Waals surface area contributed by atoms with Crippen molar-refractivity contribution in [3.8, 4) is 0 Å². The van der Waals surface area contributed by atoms with Gasteiger partial charge in [-0.25, -0.2) is 8.42 Å². The third-order valence-electron chi connectivity index (χ3n) is 3.21. The van der Waals surface area contributed by atoms with Crippen LogP contribution in [-0.2, 0) is 26.2 Å². The Bertz CT molecular complexity index is 887. The van der Waals surface area contributed by atoms with Crippen molar-refractivity contribution in [2.45, 2.75) is 32.2 Å². The van der Waals surface area contributed by atoms with Crippen LogP contribution >= 0.6 is 0 Å². The number of sulfonamides is 1. The molecule has 1 aromatic heterocycles. The highest BCUT2D eigenvalue weighted by Crippen LogP contribution is 2.13. The average Bonchev–Trinajstić information content (AvgIpc) is 2.83. The molecular formula is C15H19N5O4S. The van der Waals surface area contributed by atoms with Crippen LogP contribution in [-0.4, -0.2) is 30.0 Å². The van der Waals surface area contributed by atoms with Gasteiger partial charge in [0.05, 0.1) is 10.6 Å². The van der Waals surface area contributed by atoms with Crippen molar-refractivity contribution in [3.63, 3.8) is 0 Å². The topological polar surface area (TPSA) is 122 Å². The lowest BCUT2D eigenvalue weighted by atomic mass is 10.3. The van der Waals surface area contributed by atoms with E-state index in [9.17, 15) is 18.0 Å². The van der Waals surface area contributed by atoms with Crippen LogP contribution in [0.2, 0.25) is 0 Å². The van der Waals surface area contributed by atoms with Gasteiger partial charge in [-0.15, -0.1) is 4.83 Å². The Hall–Kier alpha value is -2.72. The van der Waals surface area contributed by atoms with Crippen LogP contribution < -0.4 is 15.6 Å². The fraction of sp³-hybridized carbons (Fsp3) is 0.267. The second-order valence-electron chi connectivity index (χ2n) is 5.44. The Balaban J connectivity index is 1.97. The summed E-state index contributed by atoms with van der Waals surface area (Å²) in [6, 6.07) is 7.36. The van der Waals surface area contributed by atoms with Gasteiger partial charge in [-0.1, -0.05) is 0 Å². The van der Waals surface area contributed by atoms with Gasteiger partial charge in [0.15, 0.2) is 0 Å². The summed E-state index contributed by atoms with van der Waals surface area (Å²) in [5.41, 5.74) is 4.18. The number of aryl methyl sites for hydroxylation is 2. The van der Waals surface area contributed by atoms with Crippen molar-refractivity contribution in [1.29, 1.82) is 0 Å². The number of aromatic nitrogens is 2. The zero-order chi connectivity index (χ0) is 18.6. The minimum atomic E-state index is -3.92. The molecule has 0 aliphatic rings. The number of carbonyl (C=O) groups excluding carboxylic acids is 2. The summed E-state index contributed by atoms with van der Waals surface area (Å²) in [5, 5.41) is 6.66. The molecule has 134 valence electrons. The van der Waals surface area contributed by atoms with Gasteiger partial charge < -0.3 is 5.32 Å². The summed E-state index contributed by atoms with van der Waals surface area (Å²) < 4.78 is 25.8. The first kappa shape index (κ1) is 18.6. The van der Waals surface area contributed by atoms with Crippen LogP contribution in [0.1, 0.15) is 18.3 Å². The largest absolute Gasteiger partial charge is 0.326 e. The molecule has 0 radical (unpaired) electrons. The molecule has 0 saturated carbocycles. The average molecular weight is 365 g/mol. The van der Waals surface area contributed by atoms with Gasteiger partial charge in [-0.2, -0.15) is 5.10 Å². The molecule has 25 heavy (non-hydrogen) atoms. The SMILES string of the molecule is CC(=O)Nc1ccc(S(=O)(=O)NNC(=O)Cn2nc(C)cc2C)cc1. The van der Waals surface area contributed by atoms with Gasteiger partial charge in [0, 0.05) is 18.3 Å². The molecule has 10 heteroatoms. The maximum absolute atomic E-state index is 12.2. The van der Waals surface area contributed by atoms with Crippen molar-refractivity contribution >= 4 is 27.5 Å². The van der Waals surface area contributed by atoms with Crippen molar-refractivity contribution in [2.75, 3.05) is 5.32 Å². The maximum atomic E-state index is 12.2. The molecule has 0 aliphatic heterocycles. The summed E-state index contributed by atoms with van der Waals surface area (Å²) in [5.74, 6) is -0.810. The number of amides is 2. The molecule has 0 unspecified atom stereocenters. The molecule has 0 atom stereocenters. The second-order valence-corrected chi connectivity index (χ2v) is 7.13. The zero-order valence-corrected chi connectivity index (χ0v) is 14.8. The van der Waals surface area contributed by atoms with Crippen LogP contribution in [0.4, 0.5) is 5.69 Å². The Morgan fingerprint density at radius 1 is 1.16 bits per heavy atom. The summed E-state index contributed by atoms with van der Waals surface area (Å²) in [4.78, 5) is 24.8. The fourth-order valence-electron chi connectivity index (χ4n) is 2.11. The van der Waals surface area contributed by atoms with Crippen LogP contribution in [0, 0.1) is 13.8 Å². The minimum Gasteiger partial charge on any atom is -0.326 e. The molecule has 1 aromatic carbocycles. The molecule has 0 fully saturated rings. The smallest absolute Gasteiger partial charge is 0.257 e. The van der Waals surface area contributed by atoms with Crippen LogP contribution in [0.25, 0.3) is 0 Å². The van der Waals surface area contributed by atoms with Gasteiger partial charge in [0.25, 0.3) is 15.9 Å². The Labute approximate surface area is 145 Å². The van der Waals surface area contributed by atoms with E-state index in [0.717, 1.165) is 11.4 Å². The summed E-state index contributed by atoms with van der Waals surface area (Å²) in [6.07, 6.45) is 0. The zero-order valence-electron chi connectivity index (χ0n) is 14.0. The summed E-state index contributed by atoms with van der Waals surface area (Å²) in [6.45, 7) is 4.84. The summed E-state index contributed by atoms with van der Waals surface area (Å²) in [7, 11) is -3.92. The Morgan fingerprint density at radius 2 is 1.80 bits per heavy atom. The van der Waals surface area contributed by atoms with Crippen molar-refractivity contribution in [3.05, 3.63) is 41.7 Å². The van der Waals surface area contributed by atoms with E-state index in [2.05, 4.69) is 15.8 Å². The molecule has 0 aliphatic carbocycles. The van der Waals surface area contributed by atoms with E-state index in [1.54, 1.807) is 13.8 Å². The van der Waals surface area contributed by atoms with E-state index in [4.69, 9.17) is 0 Å². The van der Waals surface area contributed by atoms with Gasteiger partial charge in [0.2, 0.25) is 5.91 Å². The number of rotatable bonds is 6. The molecule has 0 spiro atoms. The Kier molecular flexibility index (Phi) is 5.55. The Morgan fingerprint density at radius 3 is 2.32 bits per heavy atom. The molecule has 9 nitrogen and oxygen atoms in total. The molecule has 0 saturated heterocycles. The first-order valence-corrected chi connectivity index (χ1v) is 8.85. The predicted molar refractivity (Wildman–Crippen MR) is 90.9 cm³/mol. The number of nitrogens with one attached hydrogen (secondary N) is 3. The van der Waals surface area contributed by atoms with E-state index in [-0.39, 0.29) is 17.3 Å². The number of nitrogens with zero attached hydrogens (tertiary/aromatic N) is 2. The highest BCUT2D eigenvalue weighted by Gasteiger charge is 2.16. The lowest BCUT2D eigenvalue weighted by molar-refractivity contribution is -0.122. The highest BCUT2D eigenvalue weighted by molar-refractivity contribution is 7.89. The maximum Gasteiger partial charge on any atom is 0.257 e. The predicted octanol–water partition coefficient (Wildman–Crippen LogP) is 0.468. The quantitative estimate of drug-likeness (QED) is 0.642. The molecule has 2 rings (SSSR count).